The third-order valence-electron chi connectivity index (χ3n) is 3.30. The summed E-state index contributed by atoms with van der Waals surface area (Å²) in [5.41, 5.74) is 0.953. The summed E-state index contributed by atoms with van der Waals surface area (Å²) in [6.45, 7) is 3.63. The minimum atomic E-state index is -4.81. The molecule has 0 fully saturated rings. The lowest BCUT2D eigenvalue weighted by atomic mass is 10.0. The fourth-order valence-electron chi connectivity index (χ4n) is 2.13. The maximum atomic E-state index is 13.9. The van der Waals surface area contributed by atoms with Gasteiger partial charge in [-0.25, -0.2) is 8.78 Å². The first kappa shape index (κ1) is 17.7. The van der Waals surface area contributed by atoms with Crippen LogP contribution in [0.5, 0.6) is 0 Å². The van der Waals surface area contributed by atoms with Crippen LogP contribution >= 0.6 is 0 Å². The summed E-state index contributed by atoms with van der Waals surface area (Å²) in [6.07, 6.45) is -1.40. The fraction of sp³-hybridized carbons (Fsp3) is 0.158. The average molecular weight is 336 g/mol. The molecule has 0 aliphatic rings. The summed E-state index contributed by atoms with van der Waals surface area (Å²) >= 11 is 0. The molecule has 0 N–H and O–H groups in total. The van der Waals surface area contributed by atoms with Gasteiger partial charge in [0.1, 0.15) is 11.6 Å². The van der Waals surface area contributed by atoms with Crippen molar-refractivity contribution in [1.82, 2.24) is 0 Å². The normalized spacial score (nSPS) is 10.9. The van der Waals surface area contributed by atoms with Gasteiger partial charge >= 0.3 is 6.18 Å². The maximum Gasteiger partial charge on any atom is 0.458 e. The monoisotopic (exact) mass is 336 g/mol. The number of rotatable bonds is 4. The molecule has 0 spiro atoms. The van der Waals surface area contributed by atoms with Crippen molar-refractivity contribution >= 4 is 0 Å². The highest BCUT2D eigenvalue weighted by molar-refractivity contribution is 5.65. The average Bonchev–Trinajstić information content (AvgIpc) is 2.51. The summed E-state index contributed by atoms with van der Waals surface area (Å²) in [5, 5.41) is 0. The highest BCUT2D eigenvalue weighted by atomic mass is 19.4. The van der Waals surface area contributed by atoms with Crippen molar-refractivity contribution in [2.24, 2.45) is 0 Å². The lowest BCUT2D eigenvalue weighted by molar-refractivity contribution is -0.0696. The zero-order chi connectivity index (χ0) is 17.7. The van der Waals surface area contributed by atoms with Crippen molar-refractivity contribution in [2.75, 3.05) is 0 Å². The lowest BCUT2D eigenvalue weighted by Crippen LogP contribution is -2.02. The van der Waals surface area contributed by atoms with Crippen LogP contribution in [0.4, 0.5) is 22.0 Å². The van der Waals surface area contributed by atoms with Crippen molar-refractivity contribution < 1.29 is 22.0 Å². The standard InChI is InChI=1S/C19H13F5/c1-2-3-4-13-5-7-14(8-6-13)15-11-17(20)16(18(21)12-15)9-10-19(22,23)24/h2,5-8,11-12H,1,3-4H2. The van der Waals surface area contributed by atoms with Crippen LogP contribution in [-0.4, -0.2) is 6.18 Å². The molecule has 0 saturated heterocycles. The van der Waals surface area contributed by atoms with Crippen molar-refractivity contribution in [2.45, 2.75) is 19.0 Å². The Balaban J connectivity index is 2.32. The quantitative estimate of drug-likeness (QED) is 0.384. The Labute approximate surface area is 136 Å². The minimum Gasteiger partial charge on any atom is -0.205 e. The number of aryl methyl sites for hydroxylation is 1. The number of hydrogen-bond donors (Lipinski definition) is 0. The van der Waals surface area contributed by atoms with Crippen LogP contribution < -0.4 is 0 Å². The Morgan fingerprint density at radius 3 is 2.04 bits per heavy atom. The largest absolute Gasteiger partial charge is 0.458 e. The molecule has 0 saturated carbocycles. The van der Waals surface area contributed by atoms with Gasteiger partial charge in [-0.05, 0) is 41.7 Å². The first-order chi connectivity index (χ1) is 11.3. The zero-order valence-corrected chi connectivity index (χ0v) is 12.6. The molecule has 24 heavy (non-hydrogen) atoms. The molecule has 0 aliphatic heterocycles. The van der Waals surface area contributed by atoms with E-state index in [1.54, 1.807) is 18.2 Å². The van der Waals surface area contributed by atoms with Crippen LogP contribution in [-0.2, 0) is 6.42 Å². The van der Waals surface area contributed by atoms with Gasteiger partial charge in [0, 0.05) is 5.92 Å². The van der Waals surface area contributed by atoms with E-state index in [1.807, 2.05) is 12.1 Å². The number of allylic oxidation sites excluding steroid dienone is 1. The van der Waals surface area contributed by atoms with Gasteiger partial charge < -0.3 is 0 Å². The van der Waals surface area contributed by atoms with Gasteiger partial charge in [-0.15, -0.1) is 6.58 Å². The van der Waals surface area contributed by atoms with Crippen LogP contribution in [0.1, 0.15) is 17.5 Å². The summed E-state index contributed by atoms with van der Waals surface area (Å²) in [5.74, 6) is 0.111. The molecule has 0 nitrogen and oxygen atoms in total. The number of halogens is 5. The molecule has 0 aliphatic carbocycles. The van der Waals surface area contributed by atoms with E-state index >= 15 is 0 Å². The molecular weight excluding hydrogens is 323 g/mol. The fourth-order valence-corrected chi connectivity index (χ4v) is 2.13. The second-order valence-corrected chi connectivity index (χ2v) is 5.09. The smallest absolute Gasteiger partial charge is 0.205 e. The van der Waals surface area contributed by atoms with Crippen LogP contribution in [0.3, 0.4) is 0 Å². The van der Waals surface area contributed by atoms with Gasteiger partial charge in [0.25, 0.3) is 0 Å². The summed E-state index contributed by atoms with van der Waals surface area (Å²) in [7, 11) is 0. The molecule has 5 heteroatoms. The highest BCUT2D eigenvalue weighted by Gasteiger charge is 2.23. The summed E-state index contributed by atoms with van der Waals surface area (Å²) in [4.78, 5) is 0. The molecule has 0 amide bonds. The lowest BCUT2D eigenvalue weighted by Gasteiger charge is -2.06. The Morgan fingerprint density at radius 1 is 0.958 bits per heavy atom. The Morgan fingerprint density at radius 2 is 1.54 bits per heavy atom. The molecule has 0 bridgehead atoms. The van der Waals surface area contributed by atoms with Gasteiger partial charge in [0.15, 0.2) is 0 Å². The second-order valence-electron chi connectivity index (χ2n) is 5.09. The van der Waals surface area contributed by atoms with E-state index in [4.69, 9.17) is 0 Å². The first-order valence-corrected chi connectivity index (χ1v) is 7.09. The first-order valence-electron chi connectivity index (χ1n) is 7.09. The van der Waals surface area contributed by atoms with Crippen LogP contribution in [0.15, 0.2) is 49.1 Å². The molecule has 0 atom stereocenters. The number of benzene rings is 2. The molecular formula is C19H13F5. The van der Waals surface area contributed by atoms with Gasteiger partial charge in [-0.2, -0.15) is 13.2 Å². The maximum absolute atomic E-state index is 13.9. The second kappa shape index (κ2) is 7.31. The van der Waals surface area contributed by atoms with E-state index in [9.17, 15) is 22.0 Å². The van der Waals surface area contributed by atoms with E-state index in [2.05, 4.69) is 6.58 Å². The van der Waals surface area contributed by atoms with E-state index in [1.165, 1.54) is 5.92 Å². The van der Waals surface area contributed by atoms with E-state index in [0.717, 1.165) is 36.5 Å². The van der Waals surface area contributed by atoms with Crippen molar-refractivity contribution in [3.63, 3.8) is 0 Å². The minimum absolute atomic E-state index is 0.234. The van der Waals surface area contributed by atoms with Gasteiger partial charge in [-0.3, -0.25) is 0 Å². The van der Waals surface area contributed by atoms with Crippen molar-refractivity contribution in [3.05, 3.63) is 71.8 Å². The predicted molar refractivity (Wildman–Crippen MR) is 83.2 cm³/mol. The highest BCUT2D eigenvalue weighted by Crippen LogP contribution is 2.25. The van der Waals surface area contributed by atoms with Crippen molar-refractivity contribution in [3.8, 4) is 23.0 Å². The van der Waals surface area contributed by atoms with Gasteiger partial charge in [-0.1, -0.05) is 36.3 Å². The Bertz CT molecular complexity index is 766. The van der Waals surface area contributed by atoms with Crippen LogP contribution in [0, 0.1) is 23.5 Å². The summed E-state index contributed by atoms with van der Waals surface area (Å²) in [6, 6.07) is 9.00. The zero-order valence-electron chi connectivity index (χ0n) is 12.6. The van der Waals surface area contributed by atoms with Gasteiger partial charge in [0.2, 0.25) is 0 Å². The molecule has 0 unspecified atom stereocenters. The molecule has 2 aromatic rings. The molecule has 0 aromatic heterocycles. The third-order valence-corrected chi connectivity index (χ3v) is 3.30. The van der Waals surface area contributed by atoms with E-state index < -0.39 is 23.4 Å². The Kier molecular flexibility index (Phi) is 5.40. The Hall–Kier alpha value is -2.61. The summed E-state index contributed by atoms with van der Waals surface area (Å²) < 4.78 is 63.9. The number of hydrogen-bond acceptors (Lipinski definition) is 0. The van der Waals surface area contributed by atoms with Crippen LogP contribution in [0.2, 0.25) is 0 Å². The topological polar surface area (TPSA) is 0 Å². The predicted octanol–water partition coefficient (Wildman–Crippen LogP) is 5.66. The van der Waals surface area contributed by atoms with E-state index in [0.29, 0.717) is 5.56 Å². The molecule has 2 aromatic carbocycles. The SMILES string of the molecule is C=CCCc1ccc(-c2cc(F)c(C#CC(F)(F)F)c(F)c2)cc1. The van der Waals surface area contributed by atoms with E-state index in [-0.39, 0.29) is 5.56 Å². The molecule has 0 radical (unpaired) electrons. The molecule has 124 valence electrons. The number of alkyl halides is 3. The third kappa shape index (κ3) is 4.69. The van der Waals surface area contributed by atoms with Gasteiger partial charge in [0.05, 0.1) is 5.56 Å². The molecule has 2 rings (SSSR count). The van der Waals surface area contributed by atoms with Crippen molar-refractivity contribution in [1.29, 1.82) is 0 Å². The van der Waals surface area contributed by atoms with Crippen LogP contribution in [0.25, 0.3) is 11.1 Å². The molecule has 0 heterocycles.